The van der Waals surface area contributed by atoms with Crippen LogP contribution in [-0.2, 0) is 10.0 Å². The number of amides is 1. The highest BCUT2D eigenvalue weighted by atomic mass is 32.2. The molecule has 6 heteroatoms. The molecule has 1 saturated heterocycles. The van der Waals surface area contributed by atoms with Crippen LogP contribution in [0.2, 0.25) is 0 Å². The predicted octanol–water partition coefficient (Wildman–Crippen LogP) is 3.16. The summed E-state index contributed by atoms with van der Waals surface area (Å²) in [4.78, 5) is 12.7. The Morgan fingerprint density at radius 3 is 2.54 bits per heavy atom. The van der Waals surface area contributed by atoms with Gasteiger partial charge in [-0.15, -0.1) is 0 Å². The topological polar surface area (TPSA) is 66.5 Å². The lowest BCUT2D eigenvalue weighted by Crippen LogP contribution is -2.47. The molecule has 1 amide bonds. The zero-order valence-corrected chi connectivity index (χ0v) is 16.0. The van der Waals surface area contributed by atoms with Crippen LogP contribution in [0.4, 0.5) is 0 Å². The highest BCUT2D eigenvalue weighted by molar-refractivity contribution is 7.89. The van der Waals surface area contributed by atoms with Gasteiger partial charge in [-0.3, -0.25) is 4.79 Å². The third kappa shape index (κ3) is 4.24. The van der Waals surface area contributed by atoms with E-state index in [-0.39, 0.29) is 17.7 Å². The first-order valence-corrected chi connectivity index (χ1v) is 10.9. The molecule has 0 atom stereocenters. The van der Waals surface area contributed by atoms with Crippen LogP contribution >= 0.6 is 0 Å². The number of fused-ring (bicyclic) bond motifs is 1. The first-order valence-electron chi connectivity index (χ1n) is 9.27. The molecule has 0 spiro atoms. The lowest BCUT2D eigenvalue weighted by atomic mass is 10.0. The van der Waals surface area contributed by atoms with E-state index in [9.17, 15) is 13.2 Å². The number of carbonyl (C=O) groups is 1. The smallest absolute Gasteiger partial charge is 0.252 e. The van der Waals surface area contributed by atoms with Crippen LogP contribution in [-0.4, -0.2) is 43.5 Å². The summed E-state index contributed by atoms with van der Waals surface area (Å²) in [6.45, 7) is 2.95. The molecule has 2 aromatic rings. The summed E-state index contributed by atoms with van der Waals surface area (Å²) < 4.78 is 26.1. The maximum atomic E-state index is 12.7. The van der Waals surface area contributed by atoms with Crippen LogP contribution in [0.5, 0.6) is 0 Å². The minimum atomic E-state index is -3.16. The van der Waals surface area contributed by atoms with Crippen LogP contribution in [0.3, 0.4) is 0 Å². The lowest BCUT2D eigenvalue weighted by Gasteiger charge is -2.31. The van der Waals surface area contributed by atoms with Gasteiger partial charge in [0.15, 0.2) is 0 Å². The summed E-state index contributed by atoms with van der Waals surface area (Å²) in [5, 5.41) is 5.06. The van der Waals surface area contributed by atoms with Gasteiger partial charge >= 0.3 is 0 Å². The van der Waals surface area contributed by atoms with E-state index in [0.717, 1.165) is 17.2 Å². The van der Waals surface area contributed by atoms with E-state index >= 15 is 0 Å². The van der Waals surface area contributed by atoms with E-state index in [1.54, 1.807) is 4.31 Å². The van der Waals surface area contributed by atoms with Gasteiger partial charge in [-0.2, -0.15) is 0 Å². The third-order valence-electron chi connectivity index (χ3n) is 4.97. The van der Waals surface area contributed by atoms with Crippen molar-refractivity contribution in [3.63, 3.8) is 0 Å². The molecule has 0 aliphatic carbocycles. The quantitative estimate of drug-likeness (QED) is 0.845. The van der Waals surface area contributed by atoms with E-state index in [2.05, 4.69) is 5.32 Å². The lowest BCUT2D eigenvalue weighted by molar-refractivity contribution is 0.0925. The Kier molecular flexibility index (Phi) is 5.94. The number of piperidine rings is 1. The first kappa shape index (κ1) is 18.9. The molecule has 3 rings (SSSR count). The third-order valence-corrected chi connectivity index (χ3v) is 6.93. The largest absolute Gasteiger partial charge is 0.349 e. The molecular formula is C20H26N2O3S. The average molecular weight is 375 g/mol. The Balaban J connectivity index is 1.62. The molecule has 2 aromatic carbocycles. The van der Waals surface area contributed by atoms with Gasteiger partial charge in [-0.1, -0.05) is 49.7 Å². The average Bonchev–Trinajstić information content (AvgIpc) is 2.66. The van der Waals surface area contributed by atoms with Gasteiger partial charge in [0.2, 0.25) is 10.0 Å². The van der Waals surface area contributed by atoms with Crippen molar-refractivity contribution >= 4 is 26.7 Å². The molecule has 0 unspecified atom stereocenters. The van der Waals surface area contributed by atoms with Crippen molar-refractivity contribution in [2.24, 2.45) is 0 Å². The standard InChI is InChI=1S/C20H26N2O3S/c1-2-3-15-26(24,25)22-13-11-17(12-14-22)21-20(23)19-10-6-8-16-7-4-5-9-18(16)19/h4-10,17H,2-3,11-15H2,1H3,(H,21,23). The summed E-state index contributed by atoms with van der Waals surface area (Å²) in [5.41, 5.74) is 0.668. The molecule has 1 N–H and O–H groups in total. The molecule has 5 nitrogen and oxygen atoms in total. The molecule has 0 bridgehead atoms. The molecule has 1 heterocycles. The van der Waals surface area contributed by atoms with Crippen LogP contribution in [0.25, 0.3) is 10.8 Å². The summed E-state index contributed by atoms with van der Waals surface area (Å²) in [6.07, 6.45) is 2.88. The van der Waals surface area contributed by atoms with Crippen molar-refractivity contribution in [2.45, 2.75) is 38.6 Å². The van der Waals surface area contributed by atoms with Crippen LogP contribution in [0.15, 0.2) is 42.5 Å². The Morgan fingerprint density at radius 1 is 1.12 bits per heavy atom. The predicted molar refractivity (Wildman–Crippen MR) is 105 cm³/mol. The van der Waals surface area contributed by atoms with Gasteiger partial charge in [0.1, 0.15) is 0 Å². The molecule has 0 aromatic heterocycles. The van der Waals surface area contributed by atoms with Crippen LogP contribution < -0.4 is 5.32 Å². The molecule has 1 aliphatic rings. The fourth-order valence-electron chi connectivity index (χ4n) is 3.42. The maximum absolute atomic E-state index is 12.7. The van der Waals surface area contributed by atoms with E-state index in [4.69, 9.17) is 0 Å². The fourth-order valence-corrected chi connectivity index (χ4v) is 5.10. The van der Waals surface area contributed by atoms with Crippen molar-refractivity contribution in [3.05, 3.63) is 48.0 Å². The van der Waals surface area contributed by atoms with Crippen molar-refractivity contribution in [1.29, 1.82) is 0 Å². The molecule has 0 saturated carbocycles. The SMILES string of the molecule is CCCCS(=O)(=O)N1CCC(NC(=O)c2cccc3ccccc23)CC1. The highest BCUT2D eigenvalue weighted by Gasteiger charge is 2.28. The molecule has 1 fully saturated rings. The Bertz CT molecular complexity index is 866. The second-order valence-electron chi connectivity index (χ2n) is 6.84. The summed E-state index contributed by atoms with van der Waals surface area (Å²) >= 11 is 0. The number of hydrogen-bond acceptors (Lipinski definition) is 3. The Morgan fingerprint density at radius 2 is 1.81 bits per heavy atom. The summed E-state index contributed by atoms with van der Waals surface area (Å²) in [5.74, 6) is 0.130. The monoisotopic (exact) mass is 374 g/mol. The highest BCUT2D eigenvalue weighted by Crippen LogP contribution is 2.20. The maximum Gasteiger partial charge on any atom is 0.252 e. The van der Waals surface area contributed by atoms with E-state index in [1.165, 1.54) is 0 Å². The minimum Gasteiger partial charge on any atom is -0.349 e. The number of nitrogens with one attached hydrogen (secondary N) is 1. The number of rotatable bonds is 6. The van der Waals surface area contributed by atoms with Crippen molar-refractivity contribution in [3.8, 4) is 0 Å². The normalized spacial score (nSPS) is 16.7. The second kappa shape index (κ2) is 8.18. The van der Waals surface area contributed by atoms with E-state index < -0.39 is 10.0 Å². The van der Waals surface area contributed by atoms with E-state index in [0.29, 0.717) is 37.9 Å². The summed E-state index contributed by atoms with van der Waals surface area (Å²) in [6, 6.07) is 13.6. The second-order valence-corrected chi connectivity index (χ2v) is 8.93. The first-order chi connectivity index (χ1) is 12.5. The number of unbranched alkanes of at least 4 members (excludes halogenated alkanes) is 1. The molecule has 1 aliphatic heterocycles. The Hall–Kier alpha value is -1.92. The fraction of sp³-hybridized carbons (Fsp3) is 0.450. The molecule has 26 heavy (non-hydrogen) atoms. The zero-order chi connectivity index (χ0) is 18.6. The van der Waals surface area contributed by atoms with Crippen LogP contribution in [0.1, 0.15) is 43.0 Å². The van der Waals surface area contributed by atoms with Crippen molar-refractivity contribution in [2.75, 3.05) is 18.8 Å². The van der Waals surface area contributed by atoms with Gasteiger partial charge in [0, 0.05) is 24.7 Å². The summed E-state index contributed by atoms with van der Waals surface area (Å²) in [7, 11) is -3.16. The number of carbonyl (C=O) groups excluding carboxylic acids is 1. The van der Waals surface area contributed by atoms with Gasteiger partial charge in [-0.05, 0) is 36.1 Å². The van der Waals surface area contributed by atoms with Crippen molar-refractivity contribution < 1.29 is 13.2 Å². The number of nitrogens with zero attached hydrogens (tertiary/aromatic N) is 1. The molecular weight excluding hydrogens is 348 g/mol. The van der Waals surface area contributed by atoms with Gasteiger partial charge in [-0.25, -0.2) is 12.7 Å². The van der Waals surface area contributed by atoms with Crippen molar-refractivity contribution in [1.82, 2.24) is 9.62 Å². The molecule has 140 valence electrons. The number of benzene rings is 2. The minimum absolute atomic E-state index is 0.0130. The van der Waals surface area contributed by atoms with Gasteiger partial charge in [0.05, 0.1) is 5.75 Å². The zero-order valence-electron chi connectivity index (χ0n) is 15.1. The van der Waals surface area contributed by atoms with E-state index in [1.807, 2.05) is 49.4 Å². The van der Waals surface area contributed by atoms with Gasteiger partial charge in [0.25, 0.3) is 5.91 Å². The Labute approximate surface area is 155 Å². The molecule has 0 radical (unpaired) electrons. The van der Waals surface area contributed by atoms with Crippen LogP contribution in [0, 0.1) is 0 Å². The number of hydrogen-bond donors (Lipinski definition) is 1. The number of sulfonamides is 1. The van der Waals surface area contributed by atoms with Gasteiger partial charge < -0.3 is 5.32 Å².